The van der Waals surface area contributed by atoms with Gasteiger partial charge in [-0.3, -0.25) is 0 Å². The minimum absolute atomic E-state index is 0.459. The molecule has 3 rings (SSSR count). The molecule has 2 aromatic rings. The highest BCUT2D eigenvalue weighted by Gasteiger charge is 2.20. The molecule has 1 unspecified atom stereocenters. The Bertz CT molecular complexity index is 723. The van der Waals surface area contributed by atoms with Crippen molar-refractivity contribution in [1.82, 2.24) is 14.6 Å². The van der Waals surface area contributed by atoms with E-state index in [4.69, 9.17) is 0 Å². The molecule has 0 amide bonds. The van der Waals surface area contributed by atoms with Gasteiger partial charge in [-0.25, -0.2) is 9.50 Å². The molecule has 0 spiro atoms. The molecule has 2 heterocycles. The summed E-state index contributed by atoms with van der Waals surface area (Å²) in [6, 6.07) is 4.13. The molecule has 1 fully saturated rings. The van der Waals surface area contributed by atoms with Gasteiger partial charge >= 0.3 is 0 Å². The molecule has 0 aromatic carbocycles. The fourth-order valence-electron chi connectivity index (χ4n) is 2.67. The summed E-state index contributed by atoms with van der Waals surface area (Å²) in [5, 5.41) is 14.1. The summed E-state index contributed by atoms with van der Waals surface area (Å²) in [4.78, 5) is 4.66. The highest BCUT2D eigenvalue weighted by atomic mass is 16.3. The van der Waals surface area contributed by atoms with E-state index in [2.05, 4.69) is 29.1 Å². The third kappa shape index (κ3) is 4.29. The third-order valence-corrected chi connectivity index (χ3v) is 4.16. The minimum atomic E-state index is -0.459. The van der Waals surface area contributed by atoms with Gasteiger partial charge in [0.25, 0.3) is 0 Å². The molecule has 2 aromatic heterocycles. The van der Waals surface area contributed by atoms with E-state index >= 15 is 0 Å². The topological polar surface area (TPSA) is 50.4 Å². The largest absolute Gasteiger partial charge is 0.389 e. The Balaban J connectivity index is 1.83. The summed E-state index contributed by atoms with van der Waals surface area (Å²) in [5.74, 6) is 0.926. The number of hydrogen-bond acceptors (Lipinski definition) is 3. The van der Waals surface area contributed by atoms with Gasteiger partial charge in [-0.1, -0.05) is 38.0 Å². The van der Waals surface area contributed by atoms with Gasteiger partial charge in [-0.05, 0) is 49.8 Å². The Morgan fingerprint density at radius 1 is 1.43 bits per heavy atom. The predicted molar refractivity (Wildman–Crippen MR) is 93.1 cm³/mol. The van der Waals surface area contributed by atoms with Gasteiger partial charge in [0, 0.05) is 0 Å². The number of aliphatic hydroxyl groups is 1. The van der Waals surface area contributed by atoms with E-state index in [1.54, 1.807) is 13.0 Å². The molecule has 122 valence electrons. The normalized spacial score (nSPS) is 17.3. The summed E-state index contributed by atoms with van der Waals surface area (Å²) >= 11 is 0. The van der Waals surface area contributed by atoms with Gasteiger partial charge in [-0.15, -0.1) is 0 Å². The zero-order valence-electron chi connectivity index (χ0n) is 13.9. The standard InChI is InChI=1S/C19H25N3O/c1-3-4-16(9-5-14(2)23)18-13-22-19(20-18)12-11-17(21-22)10-8-15-6-7-15/h4-5,9,11-15,23H,3,6-8,10H2,1-2H3/b9-5-,16-4+. The average Bonchev–Trinajstić information content (AvgIpc) is 3.26. The van der Waals surface area contributed by atoms with Crippen molar-refractivity contribution in [2.75, 3.05) is 0 Å². The van der Waals surface area contributed by atoms with Crippen molar-refractivity contribution in [2.24, 2.45) is 5.92 Å². The van der Waals surface area contributed by atoms with E-state index in [-0.39, 0.29) is 0 Å². The van der Waals surface area contributed by atoms with Crippen LogP contribution < -0.4 is 0 Å². The van der Waals surface area contributed by atoms with Crippen molar-refractivity contribution in [3.63, 3.8) is 0 Å². The zero-order valence-corrected chi connectivity index (χ0v) is 13.9. The van der Waals surface area contributed by atoms with E-state index in [1.807, 2.05) is 22.9 Å². The van der Waals surface area contributed by atoms with Crippen molar-refractivity contribution in [3.05, 3.63) is 47.9 Å². The first-order valence-electron chi connectivity index (χ1n) is 8.58. The molecule has 1 aliphatic carbocycles. The molecule has 4 heteroatoms. The molecule has 4 nitrogen and oxygen atoms in total. The van der Waals surface area contributed by atoms with Crippen LogP contribution in [0.25, 0.3) is 11.2 Å². The van der Waals surface area contributed by atoms with Crippen LogP contribution in [0.4, 0.5) is 0 Å². The van der Waals surface area contributed by atoms with E-state index in [0.717, 1.165) is 41.4 Å². The monoisotopic (exact) mass is 311 g/mol. The number of nitrogens with zero attached hydrogens (tertiary/aromatic N) is 3. The molecule has 0 saturated heterocycles. The fourth-order valence-corrected chi connectivity index (χ4v) is 2.67. The number of rotatable bonds is 7. The average molecular weight is 311 g/mol. The first kappa shape index (κ1) is 15.9. The smallest absolute Gasteiger partial charge is 0.154 e. The first-order valence-corrected chi connectivity index (χ1v) is 8.58. The lowest BCUT2D eigenvalue weighted by atomic mass is 10.1. The van der Waals surface area contributed by atoms with Crippen LogP contribution in [0.15, 0.2) is 36.6 Å². The summed E-state index contributed by atoms with van der Waals surface area (Å²) in [6.45, 7) is 3.84. The number of aryl methyl sites for hydroxylation is 1. The van der Waals surface area contributed by atoms with Gasteiger partial charge in [0.05, 0.1) is 23.7 Å². The maximum Gasteiger partial charge on any atom is 0.154 e. The number of allylic oxidation sites excluding steroid dienone is 3. The second-order valence-corrected chi connectivity index (χ2v) is 6.40. The van der Waals surface area contributed by atoms with Crippen molar-refractivity contribution in [3.8, 4) is 0 Å². The molecule has 23 heavy (non-hydrogen) atoms. The number of imidazole rings is 1. The molecule has 1 N–H and O–H groups in total. The van der Waals surface area contributed by atoms with Gasteiger partial charge in [-0.2, -0.15) is 5.10 Å². The summed E-state index contributed by atoms with van der Waals surface area (Å²) in [6.07, 6.45) is 13.3. The van der Waals surface area contributed by atoms with E-state index < -0.39 is 6.10 Å². The molecule has 1 aliphatic rings. The summed E-state index contributed by atoms with van der Waals surface area (Å²) in [5.41, 5.74) is 3.92. The van der Waals surface area contributed by atoms with Crippen LogP contribution in [0, 0.1) is 5.92 Å². The van der Waals surface area contributed by atoms with Crippen LogP contribution >= 0.6 is 0 Å². The Kier molecular flexibility index (Phi) is 4.91. The van der Waals surface area contributed by atoms with Crippen LogP contribution in [0.3, 0.4) is 0 Å². The van der Waals surface area contributed by atoms with Crippen LogP contribution in [-0.2, 0) is 6.42 Å². The van der Waals surface area contributed by atoms with Gasteiger partial charge in [0.1, 0.15) is 0 Å². The number of fused-ring (bicyclic) bond motifs is 1. The Hall–Kier alpha value is -1.94. The zero-order chi connectivity index (χ0) is 16.2. The lowest BCUT2D eigenvalue weighted by Gasteiger charge is -1.99. The van der Waals surface area contributed by atoms with E-state index in [0.29, 0.717) is 0 Å². The van der Waals surface area contributed by atoms with Crippen LogP contribution in [0.2, 0.25) is 0 Å². The van der Waals surface area contributed by atoms with Crippen LogP contribution in [0.5, 0.6) is 0 Å². The Morgan fingerprint density at radius 2 is 2.26 bits per heavy atom. The van der Waals surface area contributed by atoms with Crippen molar-refractivity contribution >= 4 is 11.2 Å². The molecule has 1 saturated carbocycles. The highest BCUT2D eigenvalue weighted by Crippen LogP contribution is 2.33. The van der Waals surface area contributed by atoms with Gasteiger partial charge in [0.2, 0.25) is 0 Å². The molecule has 0 bridgehead atoms. The summed E-state index contributed by atoms with van der Waals surface area (Å²) < 4.78 is 1.87. The highest BCUT2D eigenvalue weighted by molar-refractivity contribution is 5.72. The number of aliphatic hydroxyl groups excluding tert-OH is 1. The number of hydrogen-bond donors (Lipinski definition) is 1. The van der Waals surface area contributed by atoms with E-state index in [1.165, 1.54) is 19.3 Å². The fraction of sp³-hybridized carbons (Fsp3) is 0.474. The third-order valence-electron chi connectivity index (χ3n) is 4.16. The molecule has 1 atom stereocenters. The van der Waals surface area contributed by atoms with Crippen molar-refractivity contribution in [2.45, 2.75) is 52.1 Å². The van der Waals surface area contributed by atoms with Crippen LogP contribution in [0.1, 0.15) is 50.9 Å². The van der Waals surface area contributed by atoms with Crippen LogP contribution in [-0.4, -0.2) is 25.8 Å². The molecular weight excluding hydrogens is 286 g/mol. The maximum absolute atomic E-state index is 9.45. The van der Waals surface area contributed by atoms with Gasteiger partial charge < -0.3 is 5.11 Å². The van der Waals surface area contributed by atoms with Crippen molar-refractivity contribution < 1.29 is 5.11 Å². The van der Waals surface area contributed by atoms with Gasteiger partial charge in [0.15, 0.2) is 5.65 Å². The predicted octanol–water partition coefficient (Wildman–Crippen LogP) is 3.80. The number of aromatic nitrogens is 3. The molecule has 0 radical (unpaired) electrons. The van der Waals surface area contributed by atoms with Crippen molar-refractivity contribution in [1.29, 1.82) is 0 Å². The molecule has 0 aliphatic heterocycles. The first-order chi connectivity index (χ1) is 11.2. The Labute approximate surface area is 137 Å². The Morgan fingerprint density at radius 3 is 2.96 bits per heavy atom. The lowest BCUT2D eigenvalue weighted by Crippen LogP contribution is -1.97. The maximum atomic E-state index is 9.45. The van der Waals surface area contributed by atoms with E-state index in [9.17, 15) is 5.11 Å². The SMILES string of the molecule is CC/C=C(\C=C/C(C)O)c1cn2nc(CCC3CC3)ccc2n1. The second-order valence-electron chi connectivity index (χ2n) is 6.40. The summed E-state index contributed by atoms with van der Waals surface area (Å²) in [7, 11) is 0. The second kappa shape index (κ2) is 7.09. The quantitative estimate of drug-likeness (QED) is 0.791. The minimum Gasteiger partial charge on any atom is -0.389 e. The molecular formula is C19H25N3O. The lowest BCUT2D eigenvalue weighted by molar-refractivity contribution is 0.244.